The summed E-state index contributed by atoms with van der Waals surface area (Å²) in [4.78, 5) is 24.2. The van der Waals surface area contributed by atoms with Crippen LogP contribution in [0.1, 0.15) is 36.4 Å². The van der Waals surface area contributed by atoms with E-state index >= 15 is 0 Å². The van der Waals surface area contributed by atoms with Crippen LogP contribution in [-0.2, 0) is 9.53 Å². The van der Waals surface area contributed by atoms with Crippen LogP contribution in [-0.4, -0.2) is 24.5 Å². The Hall–Kier alpha value is -1.88. The van der Waals surface area contributed by atoms with Gasteiger partial charge in [-0.25, -0.2) is 4.79 Å². The molecule has 112 valence electrons. The Bertz CT molecular complexity index is 598. The smallest absolute Gasteiger partial charge is 0.348 e. The summed E-state index contributed by atoms with van der Waals surface area (Å²) in [5, 5.41) is 3.85. The van der Waals surface area contributed by atoms with Gasteiger partial charge in [-0.2, -0.15) is 0 Å². The lowest BCUT2D eigenvalue weighted by Gasteiger charge is -2.14. The molecule has 1 aromatic carbocycles. The Morgan fingerprint density at radius 1 is 1.24 bits per heavy atom. The molecule has 1 heterocycles. The van der Waals surface area contributed by atoms with Crippen LogP contribution in [0.2, 0.25) is 0 Å². The highest BCUT2D eigenvalue weighted by molar-refractivity contribution is 7.20. The minimum atomic E-state index is -0.448. The third-order valence-electron chi connectivity index (χ3n) is 3.31. The molecule has 4 nitrogen and oxygen atoms in total. The van der Waals surface area contributed by atoms with E-state index in [2.05, 4.69) is 5.32 Å². The van der Waals surface area contributed by atoms with E-state index in [4.69, 9.17) is 4.74 Å². The quantitative estimate of drug-likeness (QED) is 0.833. The fourth-order valence-electron chi connectivity index (χ4n) is 2.05. The summed E-state index contributed by atoms with van der Waals surface area (Å²) in [6, 6.07) is 9.69. The van der Waals surface area contributed by atoms with Crippen LogP contribution in [0.15, 0.2) is 30.3 Å². The minimum Gasteiger partial charge on any atom is -0.451 e. The summed E-state index contributed by atoms with van der Waals surface area (Å²) in [7, 11) is 0. The van der Waals surface area contributed by atoms with Crippen LogP contribution in [0, 0.1) is 0 Å². The molecule has 0 atom stereocenters. The standard InChI is InChI=1S/C16H19NO3S/c1-3-12(4-2)17-15(18)10-20-16(19)14-9-11-7-5-6-8-13(11)21-14/h5-9,12H,3-4,10H2,1-2H3,(H,17,18). The van der Waals surface area contributed by atoms with Crippen LogP contribution in [0.4, 0.5) is 0 Å². The highest BCUT2D eigenvalue weighted by Gasteiger charge is 2.14. The molecular formula is C16H19NO3S. The van der Waals surface area contributed by atoms with Crippen molar-refractivity contribution in [2.75, 3.05) is 6.61 Å². The van der Waals surface area contributed by atoms with E-state index in [0.29, 0.717) is 4.88 Å². The number of carbonyl (C=O) groups is 2. The summed E-state index contributed by atoms with van der Waals surface area (Å²) in [5.41, 5.74) is 0. The number of carbonyl (C=O) groups excluding carboxylic acids is 2. The maximum absolute atomic E-state index is 12.0. The van der Waals surface area contributed by atoms with Crippen LogP contribution >= 0.6 is 11.3 Å². The molecule has 1 N–H and O–H groups in total. The lowest BCUT2D eigenvalue weighted by atomic mass is 10.2. The molecule has 1 amide bonds. The van der Waals surface area contributed by atoms with E-state index in [0.717, 1.165) is 22.9 Å². The molecule has 2 rings (SSSR count). The third-order valence-corrected chi connectivity index (χ3v) is 4.41. The molecule has 0 saturated carbocycles. The molecule has 21 heavy (non-hydrogen) atoms. The molecule has 0 aliphatic rings. The van der Waals surface area contributed by atoms with Gasteiger partial charge in [0.25, 0.3) is 5.91 Å². The zero-order valence-electron chi connectivity index (χ0n) is 12.2. The first-order valence-corrected chi connectivity index (χ1v) is 7.90. The number of amides is 1. The van der Waals surface area contributed by atoms with Gasteiger partial charge >= 0.3 is 5.97 Å². The minimum absolute atomic E-state index is 0.139. The van der Waals surface area contributed by atoms with Gasteiger partial charge < -0.3 is 10.1 Å². The Labute approximate surface area is 128 Å². The number of ether oxygens (including phenoxy) is 1. The third kappa shape index (κ3) is 4.04. The van der Waals surface area contributed by atoms with Crippen LogP contribution in [0.25, 0.3) is 10.1 Å². The molecule has 0 aliphatic heterocycles. The molecule has 0 saturated heterocycles. The first-order chi connectivity index (χ1) is 10.1. The maximum atomic E-state index is 12.0. The maximum Gasteiger partial charge on any atom is 0.348 e. The van der Waals surface area contributed by atoms with Gasteiger partial charge in [-0.15, -0.1) is 11.3 Å². The number of nitrogens with one attached hydrogen (secondary N) is 1. The lowest BCUT2D eigenvalue weighted by Crippen LogP contribution is -2.36. The number of hydrogen-bond donors (Lipinski definition) is 1. The number of thiophene rings is 1. The van der Waals surface area contributed by atoms with E-state index in [1.807, 2.05) is 38.1 Å². The largest absolute Gasteiger partial charge is 0.451 e. The molecule has 1 aromatic heterocycles. The number of rotatable bonds is 6. The van der Waals surface area contributed by atoms with E-state index in [1.165, 1.54) is 11.3 Å². The Morgan fingerprint density at radius 3 is 2.62 bits per heavy atom. The average molecular weight is 305 g/mol. The SMILES string of the molecule is CCC(CC)NC(=O)COC(=O)c1cc2ccccc2s1. The predicted octanol–water partition coefficient (Wildman–Crippen LogP) is 3.36. The fourth-order valence-corrected chi connectivity index (χ4v) is 3.00. The average Bonchev–Trinajstić information content (AvgIpc) is 2.94. The van der Waals surface area contributed by atoms with E-state index in [9.17, 15) is 9.59 Å². The summed E-state index contributed by atoms with van der Waals surface area (Å²) in [6.07, 6.45) is 1.74. The van der Waals surface area contributed by atoms with Crippen molar-refractivity contribution in [3.05, 3.63) is 35.2 Å². The molecule has 5 heteroatoms. The summed E-state index contributed by atoms with van der Waals surface area (Å²) in [6.45, 7) is 3.79. The fraction of sp³-hybridized carbons (Fsp3) is 0.375. The van der Waals surface area contributed by atoms with Crippen LogP contribution in [0.3, 0.4) is 0 Å². The molecule has 0 radical (unpaired) electrons. The second kappa shape index (κ2) is 7.22. The molecular weight excluding hydrogens is 286 g/mol. The van der Waals surface area contributed by atoms with Crippen molar-refractivity contribution in [2.45, 2.75) is 32.7 Å². The lowest BCUT2D eigenvalue weighted by molar-refractivity contribution is -0.125. The van der Waals surface area contributed by atoms with Gasteiger partial charge in [-0.1, -0.05) is 32.0 Å². The monoisotopic (exact) mass is 305 g/mol. The molecule has 0 fully saturated rings. The van der Waals surface area contributed by atoms with Crippen molar-refractivity contribution in [1.82, 2.24) is 5.32 Å². The second-order valence-electron chi connectivity index (χ2n) is 4.81. The van der Waals surface area contributed by atoms with Gasteiger partial charge in [0.05, 0.1) is 0 Å². The Kier molecular flexibility index (Phi) is 5.33. The molecule has 0 spiro atoms. The summed E-state index contributed by atoms with van der Waals surface area (Å²) in [5.74, 6) is -0.700. The zero-order valence-corrected chi connectivity index (χ0v) is 13.0. The van der Waals surface area contributed by atoms with Crippen LogP contribution in [0.5, 0.6) is 0 Å². The second-order valence-corrected chi connectivity index (χ2v) is 5.89. The molecule has 0 bridgehead atoms. The van der Waals surface area contributed by atoms with Gasteiger partial charge in [0, 0.05) is 10.7 Å². The number of fused-ring (bicyclic) bond motifs is 1. The summed E-state index contributed by atoms with van der Waals surface area (Å²) >= 11 is 1.37. The van der Waals surface area contributed by atoms with Crippen molar-refractivity contribution in [2.24, 2.45) is 0 Å². The molecule has 0 unspecified atom stereocenters. The van der Waals surface area contributed by atoms with Gasteiger partial charge in [-0.05, 0) is 30.4 Å². The number of hydrogen-bond acceptors (Lipinski definition) is 4. The van der Waals surface area contributed by atoms with Crippen molar-refractivity contribution in [3.63, 3.8) is 0 Å². The van der Waals surface area contributed by atoms with E-state index < -0.39 is 5.97 Å². The topological polar surface area (TPSA) is 55.4 Å². The van der Waals surface area contributed by atoms with E-state index in [1.54, 1.807) is 6.07 Å². The van der Waals surface area contributed by atoms with Gasteiger partial charge in [-0.3, -0.25) is 4.79 Å². The molecule has 2 aromatic rings. The molecule has 0 aliphatic carbocycles. The van der Waals surface area contributed by atoms with Gasteiger partial charge in [0.2, 0.25) is 0 Å². The van der Waals surface area contributed by atoms with E-state index in [-0.39, 0.29) is 18.6 Å². The zero-order chi connectivity index (χ0) is 15.2. The Balaban J connectivity index is 1.91. The van der Waals surface area contributed by atoms with Crippen molar-refractivity contribution in [3.8, 4) is 0 Å². The van der Waals surface area contributed by atoms with Crippen molar-refractivity contribution >= 4 is 33.3 Å². The highest BCUT2D eigenvalue weighted by Crippen LogP contribution is 2.25. The highest BCUT2D eigenvalue weighted by atomic mass is 32.1. The van der Waals surface area contributed by atoms with Crippen molar-refractivity contribution < 1.29 is 14.3 Å². The Morgan fingerprint density at radius 2 is 1.95 bits per heavy atom. The number of benzene rings is 1. The summed E-state index contributed by atoms with van der Waals surface area (Å²) < 4.78 is 6.10. The van der Waals surface area contributed by atoms with Crippen molar-refractivity contribution in [1.29, 1.82) is 0 Å². The number of esters is 1. The first kappa shape index (κ1) is 15.5. The van der Waals surface area contributed by atoms with Gasteiger partial charge in [0.1, 0.15) is 4.88 Å². The predicted molar refractivity (Wildman–Crippen MR) is 84.6 cm³/mol. The van der Waals surface area contributed by atoms with Crippen LogP contribution < -0.4 is 5.32 Å². The first-order valence-electron chi connectivity index (χ1n) is 7.09. The normalized spacial score (nSPS) is 10.8. The van der Waals surface area contributed by atoms with Gasteiger partial charge in [0.15, 0.2) is 6.61 Å².